The third-order valence-corrected chi connectivity index (χ3v) is 5.78. The highest BCUT2D eigenvalue weighted by Crippen LogP contribution is 2.27. The van der Waals surface area contributed by atoms with Crippen LogP contribution in [0.2, 0.25) is 5.02 Å². The Morgan fingerprint density at radius 3 is 2.34 bits per heavy atom. The molecular formula is C23H28ClN3O2. The van der Waals surface area contributed by atoms with Crippen molar-refractivity contribution in [2.75, 3.05) is 32.7 Å². The quantitative estimate of drug-likeness (QED) is 0.757. The molecule has 0 spiro atoms. The number of carbonyl (C=O) groups excluding carboxylic acids is 2. The number of amides is 2. The monoisotopic (exact) mass is 413 g/mol. The summed E-state index contributed by atoms with van der Waals surface area (Å²) >= 11 is 6.33. The van der Waals surface area contributed by atoms with Crippen LogP contribution < -0.4 is 5.32 Å². The highest BCUT2D eigenvalue weighted by atomic mass is 35.5. The van der Waals surface area contributed by atoms with Crippen molar-refractivity contribution in [3.05, 3.63) is 70.7 Å². The van der Waals surface area contributed by atoms with Gasteiger partial charge < -0.3 is 10.2 Å². The van der Waals surface area contributed by atoms with E-state index in [0.29, 0.717) is 32.5 Å². The smallest absolute Gasteiger partial charge is 0.224 e. The van der Waals surface area contributed by atoms with Gasteiger partial charge in [-0.2, -0.15) is 0 Å². The molecule has 0 aromatic heterocycles. The summed E-state index contributed by atoms with van der Waals surface area (Å²) in [6.07, 6.45) is 0.675. The van der Waals surface area contributed by atoms with Gasteiger partial charge in [0.2, 0.25) is 11.8 Å². The maximum atomic E-state index is 12.5. The molecule has 1 aliphatic rings. The van der Waals surface area contributed by atoms with E-state index in [2.05, 4.69) is 23.2 Å². The van der Waals surface area contributed by atoms with E-state index >= 15 is 0 Å². The molecule has 1 saturated heterocycles. The zero-order valence-corrected chi connectivity index (χ0v) is 17.6. The molecule has 1 atom stereocenters. The van der Waals surface area contributed by atoms with Crippen LogP contribution >= 0.6 is 11.6 Å². The van der Waals surface area contributed by atoms with Gasteiger partial charge in [0.1, 0.15) is 0 Å². The molecule has 5 nitrogen and oxygen atoms in total. The summed E-state index contributed by atoms with van der Waals surface area (Å²) in [5.41, 5.74) is 2.09. The van der Waals surface area contributed by atoms with Crippen molar-refractivity contribution in [3.63, 3.8) is 0 Å². The lowest BCUT2D eigenvalue weighted by Crippen LogP contribution is -2.49. The molecule has 29 heavy (non-hydrogen) atoms. The Bertz CT molecular complexity index is 820. The minimum atomic E-state index is -0.0533. The van der Waals surface area contributed by atoms with Crippen molar-refractivity contribution in [1.82, 2.24) is 15.1 Å². The Morgan fingerprint density at radius 1 is 1.00 bits per heavy atom. The van der Waals surface area contributed by atoms with Crippen molar-refractivity contribution in [3.8, 4) is 0 Å². The van der Waals surface area contributed by atoms with E-state index in [-0.39, 0.29) is 17.9 Å². The van der Waals surface area contributed by atoms with Crippen LogP contribution in [0.4, 0.5) is 0 Å². The second kappa shape index (κ2) is 10.4. The number of halogens is 1. The maximum absolute atomic E-state index is 12.5. The zero-order chi connectivity index (χ0) is 20.6. The SMILES string of the molecule is CC(c1ccccc1Cl)N1CCN(C(=O)CCNC(=O)Cc2ccccc2)CC1. The van der Waals surface area contributed by atoms with E-state index in [0.717, 1.165) is 29.2 Å². The number of rotatable bonds is 7. The summed E-state index contributed by atoms with van der Waals surface area (Å²) in [5, 5.41) is 3.63. The maximum Gasteiger partial charge on any atom is 0.224 e. The minimum absolute atomic E-state index is 0.0533. The number of piperazine rings is 1. The predicted octanol–water partition coefficient (Wildman–Crippen LogP) is 3.29. The molecule has 1 N–H and O–H groups in total. The second-order valence-corrected chi connectivity index (χ2v) is 7.78. The Morgan fingerprint density at radius 2 is 1.66 bits per heavy atom. The molecular weight excluding hydrogens is 386 g/mol. The van der Waals surface area contributed by atoms with E-state index < -0.39 is 0 Å². The minimum Gasteiger partial charge on any atom is -0.355 e. The van der Waals surface area contributed by atoms with Gasteiger partial charge in [0.15, 0.2) is 0 Å². The molecule has 2 aromatic carbocycles. The lowest BCUT2D eigenvalue weighted by molar-refractivity contribution is -0.133. The first-order chi connectivity index (χ1) is 14.0. The Labute approximate surface area is 177 Å². The van der Waals surface area contributed by atoms with Crippen LogP contribution in [0.5, 0.6) is 0 Å². The molecule has 1 unspecified atom stereocenters. The second-order valence-electron chi connectivity index (χ2n) is 7.38. The molecule has 154 valence electrons. The van der Waals surface area contributed by atoms with Gasteiger partial charge in [-0.05, 0) is 24.1 Å². The largest absolute Gasteiger partial charge is 0.355 e. The Balaban J connectivity index is 1.39. The summed E-state index contributed by atoms with van der Waals surface area (Å²) in [4.78, 5) is 28.7. The lowest BCUT2D eigenvalue weighted by atomic mass is 10.1. The first-order valence-corrected chi connectivity index (χ1v) is 10.5. The summed E-state index contributed by atoms with van der Waals surface area (Å²) in [6, 6.07) is 17.7. The van der Waals surface area contributed by atoms with Crippen LogP contribution in [-0.2, 0) is 16.0 Å². The summed E-state index contributed by atoms with van der Waals surface area (Å²) in [6.45, 7) is 5.57. The van der Waals surface area contributed by atoms with Gasteiger partial charge in [0.05, 0.1) is 6.42 Å². The Kier molecular flexibility index (Phi) is 7.67. The van der Waals surface area contributed by atoms with Gasteiger partial charge in [-0.15, -0.1) is 0 Å². The Hall–Kier alpha value is -2.37. The summed E-state index contributed by atoms with van der Waals surface area (Å²) < 4.78 is 0. The number of nitrogens with zero attached hydrogens (tertiary/aromatic N) is 2. The van der Waals surface area contributed by atoms with Crippen molar-refractivity contribution in [2.24, 2.45) is 0 Å². The molecule has 0 bridgehead atoms. The van der Waals surface area contributed by atoms with Crippen molar-refractivity contribution in [2.45, 2.75) is 25.8 Å². The van der Waals surface area contributed by atoms with Gasteiger partial charge in [-0.1, -0.05) is 60.1 Å². The molecule has 1 fully saturated rings. The molecule has 1 heterocycles. The standard InChI is InChI=1S/C23H28ClN3O2/c1-18(20-9-5-6-10-21(20)24)26-13-15-27(16-14-26)23(29)11-12-25-22(28)17-19-7-3-2-4-8-19/h2-10,18H,11-17H2,1H3,(H,25,28). The van der Waals surface area contributed by atoms with Crippen molar-refractivity contribution < 1.29 is 9.59 Å². The topological polar surface area (TPSA) is 52.6 Å². The summed E-state index contributed by atoms with van der Waals surface area (Å²) in [7, 11) is 0. The van der Waals surface area contributed by atoms with Gasteiger partial charge in [-0.25, -0.2) is 0 Å². The van der Waals surface area contributed by atoms with Gasteiger partial charge in [0.25, 0.3) is 0 Å². The molecule has 0 aliphatic carbocycles. The van der Waals surface area contributed by atoms with Crippen LogP contribution in [0, 0.1) is 0 Å². The number of hydrogen-bond donors (Lipinski definition) is 1. The van der Waals surface area contributed by atoms with Gasteiger partial charge in [0, 0.05) is 50.2 Å². The molecule has 6 heteroatoms. The summed E-state index contributed by atoms with van der Waals surface area (Å²) in [5.74, 6) is 0.0393. The van der Waals surface area contributed by atoms with Crippen LogP contribution in [0.1, 0.15) is 30.5 Å². The molecule has 2 aromatic rings. The zero-order valence-electron chi connectivity index (χ0n) is 16.8. The van der Waals surface area contributed by atoms with Crippen LogP contribution in [0.15, 0.2) is 54.6 Å². The average molecular weight is 414 g/mol. The fraction of sp³-hybridized carbons (Fsp3) is 0.391. The fourth-order valence-electron chi connectivity index (χ4n) is 3.68. The number of nitrogens with one attached hydrogen (secondary N) is 1. The molecule has 2 amide bonds. The first kappa shape index (κ1) is 21.3. The van der Waals surface area contributed by atoms with Crippen LogP contribution in [0.3, 0.4) is 0 Å². The van der Waals surface area contributed by atoms with E-state index in [1.54, 1.807) is 0 Å². The fourth-order valence-corrected chi connectivity index (χ4v) is 3.97. The van der Waals surface area contributed by atoms with Gasteiger partial charge in [-0.3, -0.25) is 14.5 Å². The number of carbonyl (C=O) groups is 2. The molecule has 0 saturated carbocycles. The molecule has 3 rings (SSSR count). The third-order valence-electron chi connectivity index (χ3n) is 5.44. The van der Waals surface area contributed by atoms with Crippen molar-refractivity contribution >= 4 is 23.4 Å². The predicted molar refractivity (Wildman–Crippen MR) is 116 cm³/mol. The molecule has 0 radical (unpaired) electrons. The lowest BCUT2D eigenvalue weighted by Gasteiger charge is -2.38. The van der Waals surface area contributed by atoms with E-state index in [1.807, 2.05) is 53.4 Å². The van der Waals surface area contributed by atoms with E-state index in [4.69, 9.17) is 11.6 Å². The highest BCUT2D eigenvalue weighted by Gasteiger charge is 2.25. The number of hydrogen-bond acceptors (Lipinski definition) is 3. The van der Waals surface area contributed by atoms with Gasteiger partial charge >= 0.3 is 0 Å². The highest BCUT2D eigenvalue weighted by molar-refractivity contribution is 6.31. The third kappa shape index (κ3) is 6.05. The normalized spacial score (nSPS) is 15.7. The van der Waals surface area contributed by atoms with E-state index in [9.17, 15) is 9.59 Å². The van der Waals surface area contributed by atoms with Crippen molar-refractivity contribution in [1.29, 1.82) is 0 Å². The average Bonchev–Trinajstić information content (AvgIpc) is 2.74. The first-order valence-electron chi connectivity index (χ1n) is 10.1. The van der Waals surface area contributed by atoms with E-state index in [1.165, 1.54) is 0 Å². The van der Waals surface area contributed by atoms with Crippen LogP contribution in [-0.4, -0.2) is 54.3 Å². The number of benzene rings is 2. The van der Waals surface area contributed by atoms with Crippen LogP contribution in [0.25, 0.3) is 0 Å². The molecule has 1 aliphatic heterocycles.